The first kappa shape index (κ1) is 13.4. The standard InChI is InChI=1S/C15H17NO3/c1-15(16-2,14(17)18)12-6-4-11-9-13(19-3)7-5-10(11)8-12/h4-9,16H,1-3H3,(H,17,18). The average Bonchev–Trinajstić information content (AvgIpc) is 2.44. The highest BCUT2D eigenvalue weighted by molar-refractivity contribution is 5.87. The van der Waals surface area contributed by atoms with Crippen LogP contribution < -0.4 is 10.1 Å². The number of aliphatic carboxylic acids is 1. The summed E-state index contributed by atoms with van der Waals surface area (Å²) in [5.74, 6) is -0.113. The van der Waals surface area contributed by atoms with E-state index in [0.717, 1.165) is 22.1 Å². The molecule has 2 rings (SSSR count). The monoisotopic (exact) mass is 259 g/mol. The van der Waals surface area contributed by atoms with E-state index in [2.05, 4.69) is 5.32 Å². The Labute approximate surface area is 112 Å². The molecule has 2 N–H and O–H groups in total. The van der Waals surface area contributed by atoms with Gasteiger partial charge in [-0.3, -0.25) is 0 Å². The summed E-state index contributed by atoms with van der Waals surface area (Å²) in [7, 11) is 3.27. The summed E-state index contributed by atoms with van der Waals surface area (Å²) in [5, 5.41) is 14.2. The van der Waals surface area contributed by atoms with Crippen LogP contribution >= 0.6 is 0 Å². The Hall–Kier alpha value is -2.07. The van der Waals surface area contributed by atoms with E-state index >= 15 is 0 Å². The van der Waals surface area contributed by atoms with Crippen molar-refractivity contribution < 1.29 is 14.6 Å². The van der Waals surface area contributed by atoms with Gasteiger partial charge in [0.2, 0.25) is 0 Å². The molecule has 0 aliphatic carbocycles. The first-order valence-corrected chi connectivity index (χ1v) is 6.02. The van der Waals surface area contributed by atoms with Gasteiger partial charge in [0.05, 0.1) is 7.11 Å². The maximum Gasteiger partial charge on any atom is 0.328 e. The molecule has 0 saturated heterocycles. The van der Waals surface area contributed by atoms with Gasteiger partial charge in [0.1, 0.15) is 11.3 Å². The predicted octanol–water partition coefficient (Wildman–Crippen LogP) is 2.37. The molecular formula is C15H17NO3. The SMILES string of the molecule is CNC(C)(C(=O)O)c1ccc2cc(OC)ccc2c1. The molecule has 19 heavy (non-hydrogen) atoms. The summed E-state index contributed by atoms with van der Waals surface area (Å²) in [6, 6.07) is 11.3. The van der Waals surface area contributed by atoms with E-state index in [-0.39, 0.29) is 0 Å². The third-order valence-corrected chi connectivity index (χ3v) is 3.55. The Morgan fingerprint density at radius 1 is 1.21 bits per heavy atom. The zero-order chi connectivity index (χ0) is 14.0. The number of methoxy groups -OCH3 is 1. The van der Waals surface area contributed by atoms with Crippen molar-refractivity contribution >= 4 is 16.7 Å². The Bertz CT molecular complexity index is 624. The number of ether oxygens (including phenoxy) is 1. The Balaban J connectivity index is 2.56. The molecule has 4 heteroatoms. The Kier molecular flexibility index (Phi) is 3.44. The minimum Gasteiger partial charge on any atom is -0.497 e. The number of carbonyl (C=O) groups is 1. The van der Waals surface area contributed by atoms with Crippen molar-refractivity contribution in [2.45, 2.75) is 12.5 Å². The maximum absolute atomic E-state index is 11.4. The number of fused-ring (bicyclic) bond motifs is 1. The normalized spacial score (nSPS) is 14.1. The topological polar surface area (TPSA) is 58.6 Å². The van der Waals surface area contributed by atoms with Crippen molar-refractivity contribution in [3.05, 3.63) is 42.0 Å². The lowest BCUT2D eigenvalue weighted by Gasteiger charge is -2.25. The summed E-state index contributed by atoms with van der Waals surface area (Å²) in [5.41, 5.74) is -0.367. The van der Waals surface area contributed by atoms with Crippen molar-refractivity contribution in [3.8, 4) is 5.75 Å². The van der Waals surface area contributed by atoms with Gasteiger partial charge in [0.25, 0.3) is 0 Å². The predicted molar refractivity (Wildman–Crippen MR) is 74.5 cm³/mol. The van der Waals surface area contributed by atoms with Gasteiger partial charge in [0.15, 0.2) is 0 Å². The van der Waals surface area contributed by atoms with E-state index in [4.69, 9.17) is 4.74 Å². The van der Waals surface area contributed by atoms with E-state index in [1.807, 2.05) is 36.4 Å². The smallest absolute Gasteiger partial charge is 0.328 e. The molecular weight excluding hydrogens is 242 g/mol. The Morgan fingerprint density at radius 3 is 2.42 bits per heavy atom. The van der Waals surface area contributed by atoms with Crippen LogP contribution in [-0.4, -0.2) is 25.2 Å². The molecule has 0 aliphatic rings. The molecule has 0 spiro atoms. The number of likely N-dealkylation sites (N-methyl/N-ethyl adjacent to an activating group) is 1. The molecule has 0 radical (unpaired) electrons. The van der Waals surface area contributed by atoms with Gasteiger partial charge in [-0.05, 0) is 48.5 Å². The largest absolute Gasteiger partial charge is 0.497 e. The molecule has 1 atom stereocenters. The molecule has 1 unspecified atom stereocenters. The Morgan fingerprint density at radius 2 is 1.84 bits per heavy atom. The van der Waals surface area contributed by atoms with Gasteiger partial charge in [-0.2, -0.15) is 0 Å². The quantitative estimate of drug-likeness (QED) is 0.885. The molecule has 0 saturated carbocycles. The van der Waals surface area contributed by atoms with Gasteiger partial charge in [-0.1, -0.05) is 18.2 Å². The number of hydrogen-bond acceptors (Lipinski definition) is 3. The average molecular weight is 259 g/mol. The van der Waals surface area contributed by atoms with Crippen molar-refractivity contribution in [1.29, 1.82) is 0 Å². The van der Waals surface area contributed by atoms with Gasteiger partial charge in [-0.25, -0.2) is 4.79 Å². The number of nitrogens with one attached hydrogen (secondary N) is 1. The first-order valence-electron chi connectivity index (χ1n) is 6.02. The molecule has 2 aromatic carbocycles. The number of benzene rings is 2. The molecule has 4 nitrogen and oxygen atoms in total. The molecule has 0 amide bonds. The fourth-order valence-corrected chi connectivity index (χ4v) is 2.04. The van der Waals surface area contributed by atoms with Crippen LogP contribution in [0, 0.1) is 0 Å². The van der Waals surface area contributed by atoms with Gasteiger partial charge in [0, 0.05) is 0 Å². The van der Waals surface area contributed by atoms with E-state index in [1.54, 1.807) is 21.1 Å². The van der Waals surface area contributed by atoms with Crippen LogP contribution in [-0.2, 0) is 10.3 Å². The third-order valence-electron chi connectivity index (χ3n) is 3.55. The highest BCUT2D eigenvalue weighted by atomic mass is 16.5. The lowest BCUT2D eigenvalue weighted by molar-refractivity contribution is -0.144. The van der Waals surface area contributed by atoms with Crippen molar-refractivity contribution in [2.24, 2.45) is 0 Å². The number of hydrogen-bond donors (Lipinski definition) is 2. The molecule has 100 valence electrons. The van der Waals surface area contributed by atoms with Gasteiger partial charge < -0.3 is 15.2 Å². The first-order chi connectivity index (χ1) is 9.01. The van der Waals surface area contributed by atoms with Crippen LogP contribution in [0.5, 0.6) is 5.75 Å². The summed E-state index contributed by atoms with van der Waals surface area (Å²) in [4.78, 5) is 11.4. The highest BCUT2D eigenvalue weighted by Crippen LogP contribution is 2.27. The van der Waals surface area contributed by atoms with Crippen molar-refractivity contribution in [3.63, 3.8) is 0 Å². The number of carboxylic acid groups (broad SMARTS) is 1. The number of rotatable bonds is 4. The van der Waals surface area contributed by atoms with E-state index < -0.39 is 11.5 Å². The lowest BCUT2D eigenvalue weighted by Crippen LogP contribution is -2.44. The van der Waals surface area contributed by atoms with Crippen molar-refractivity contribution in [2.75, 3.05) is 14.2 Å². The second-order valence-electron chi connectivity index (χ2n) is 4.61. The summed E-state index contributed by atoms with van der Waals surface area (Å²) in [6.07, 6.45) is 0. The van der Waals surface area contributed by atoms with Crippen molar-refractivity contribution in [1.82, 2.24) is 5.32 Å². The van der Waals surface area contributed by atoms with Gasteiger partial charge >= 0.3 is 5.97 Å². The van der Waals surface area contributed by atoms with E-state index in [9.17, 15) is 9.90 Å². The minimum absolute atomic E-state index is 0.722. The van der Waals surface area contributed by atoms with E-state index in [0.29, 0.717) is 0 Å². The minimum atomic E-state index is -1.09. The second kappa shape index (κ2) is 4.90. The fourth-order valence-electron chi connectivity index (χ4n) is 2.04. The van der Waals surface area contributed by atoms with Crippen LogP contribution in [0.1, 0.15) is 12.5 Å². The van der Waals surface area contributed by atoms with Crippen LogP contribution in [0.15, 0.2) is 36.4 Å². The van der Waals surface area contributed by atoms with Crippen LogP contribution in [0.2, 0.25) is 0 Å². The molecule has 0 aliphatic heterocycles. The van der Waals surface area contributed by atoms with Crippen LogP contribution in [0.4, 0.5) is 0 Å². The molecule has 2 aromatic rings. The summed E-state index contributed by atoms with van der Waals surface area (Å²) in [6.45, 7) is 1.65. The zero-order valence-electron chi connectivity index (χ0n) is 11.2. The molecule has 0 heterocycles. The molecule has 0 bridgehead atoms. The zero-order valence-corrected chi connectivity index (χ0v) is 11.2. The third kappa shape index (κ3) is 2.27. The maximum atomic E-state index is 11.4. The summed E-state index contributed by atoms with van der Waals surface area (Å²) < 4.78 is 5.17. The molecule has 0 fully saturated rings. The van der Waals surface area contributed by atoms with Gasteiger partial charge in [-0.15, -0.1) is 0 Å². The molecule has 0 aromatic heterocycles. The van der Waals surface area contributed by atoms with Crippen LogP contribution in [0.25, 0.3) is 10.8 Å². The number of carboxylic acids is 1. The van der Waals surface area contributed by atoms with Crippen LogP contribution in [0.3, 0.4) is 0 Å². The fraction of sp³-hybridized carbons (Fsp3) is 0.267. The summed E-state index contributed by atoms with van der Waals surface area (Å²) >= 11 is 0. The lowest BCUT2D eigenvalue weighted by atomic mass is 9.90. The van der Waals surface area contributed by atoms with E-state index in [1.165, 1.54) is 0 Å². The highest BCUT2D eigenvalue weighted by Gasteiger charge is 2.33. The second-order valence-corrected chi connectivity index (χ2v) is 4.61.